The maximum absolute atomic E-state index is 12.4. The predicted octanol–water partition coefficient (Wildman–Crippen LogP) is 1.45. The minimum Gasteiger partial charge on any atom is -0.488 e. The summed E-state index contributed by atoms with van der Waals surface area (Å²) in [5.74, 6) is 0.631. The highest BCUT2D eigenvalue weighted by molar-refractivity contribution is 7.89. The molecule has 2 aromatic carbocycles. The summed E-state index contributed by atoms with van der Waals surface area (Å²) >= 11 is 0. The average Bonchev–Trinajstić information content (AvgIpc) is 3.11. The molecule has 0 unspecified atom stereocenters. The molecule has 9 heteroatoms. The van der Waals surface area contributed by atoms with Crippen LogP contribution in [-0.2, 0) is 34.4 Å². The van der Waals surface area contributed by atoms with Crippen LogP contribution in [-0.4, -0.2) is 30.7 Å². The van der Waals surface area contributed by atoms with Crippen LogP contribution in [0.2, 0.25) is 0 Å². The Kier molecular flexibility index (Phi) is 5.08. The van der Waals surface area contributed by atoms with Crippen molar-refractivity contribution in [1.29, 1.82) is 0 Å². The summed E-state index contributed by atoms with van der Waals surface area (Å²) in [6.07, 6.45) is 2.30. The quantitative estimate of drug-likeness (QED) is 0.636. The van der Waals surface area contributed by atoms with Crippen molar-refractivity contribution in [2.24, 2.45) is 5.14 Å². The topological polar surface area (TPSA) is 116 Å². The summed E-state index contributed by atoms with van der Waals surface area (Å²) in [5, 5.41) is 12.3. The number of fused-ring (bicyclic) bond motifs is 3. The number of hydrogen-bond acceptors (Lipinski definition) is 5. The van der Waals surface area contributed by atoms with Gasteiger partial charge in [-0.1, -0.05) is 24.3 Å². The maximum Gasteiger partial charge on any atom is 0.241 e. The van der Waals surface area contributed by atoms with Gasteiger partial charge in [-0.15, -0.1) is 0 Å². The number of para-hydroxylation sites is 1. The second-order valence-corrected chi connectivity index (χ2v) is 8.31. The summed E-state index contributed by atoms with van der Waals surface area (Å²) in [4.78, 5) is 12.5. The molecule has 3 aromatic rings. The molecule has 2 heterocycles. The third kappa shape index (κ3) is 4.15. The zero-order chi connectivity index (χ0) is 20.4. The molecule has 150 valence electrons. The molecule has 0 aliphatic carbocycles. The minimum absolute atomic E-state index is 0.0676. The Balaban J connectivity index is 1.37. The molecule has 0 radical (unpaired) electrons. The number of benzene rings is 2. The Morgan fingerprint density at radius 3 is 2.69 bits per heavy atom. The van der Waals surface area contributed by atoms with E-state index >= 15 is 0 Å². The molecule has 1 aliphatic rings. The zero-order valence-corrected chi connectivity index (χ0v) is 16.4. The van der Waals surface area contributed by atoms with E-state index in [4.69, 9.17) is 9.88 Å². The average molecular weight is 412 g/mol. The Bertz CT molecular complexity index is 1150. The smallest absolute Gasteiger partial charge is 0.241 e. The van der Waals surface area contributed by atoms with Gasteiger partial charge < -0.3 is 10.1 Å². The second-order valence-electron chi connectivity index (χ2n) is 6.75. The third-order valence-electron chi connectivity index (χ3n) is 4.72. The van der Waals surface area contributed by atoms with Crippen molar-refractivity contribution in [3.8, 4) is 17.0 Å². The van der Waals surface area contributed by atoms with Crippen molar-refractivity contribution in [2.45, 2.75) is 24.5 Å². The first-order valence-electron chi connectivity index (χ1n) is 9.07. The van der Waals surface area contributed by atoms with E-state index in [0.717, 1.165) is 28.1 Å². The SMILES string of the molecule is NS(=O)(=O)c1ccc(CCNC(=O)Cn2ncc3c2-c2ccccc2OC3)cc1. The Morgan fingerprint density at radius 1 is 1.17 bits per heavy atom. The number of nitrogens with one attached hydrogen (secondary N) is 1. The van der Waals surface area contributed by atoms with Crippen LogP contribution in [0.15, 0.2) is 59.6 Å². The van der Waals surface area contributed by atoms with Crippen molar-refractivity contribution in [2.75, 3.05) is 6.54 Å². The Hall–Kier alpha value is -3.17. The van der Waals surface area contributed by atoms with Crippen LogP contribution < -0.4 is 15.2 Å². The normalized spacial score (nSPS) is 12.6. The van der Waals surface area contributed by atoms with Crippen molar-refractivity contribution >= 4 is 15.9 Å². The molecule has 4 rings (SSSR count). The van der Waals surface area contributed by atoms with E-state index in [1.807, 2.05) is 24.3 Å². The number of nitrogens with zero attached hydrogens (tertiary/aromatic N) is 2. The maximum atomic E-state index is 12.4. The van der Waals surface area contributed by atoms with Crippen molar-refractivity contribution in [3.63, 3.8) is 0 Å². The van der Waals surface area contributed by atoms with Gasteiger partial charge in [0.2, 0.25) is 15.9 Å². The fourth-order valence-electron chi connectivity index (χ4n) is 3.29. The van der Waals surface area contributed by atoms with E-state index < -0.39 is 10.0 Å². The van der Waals surface area contributed by atoms with Crippen LogP contribution in [0.1, 0.15) is 11.1 Å². The summed E-state index contributed by atoms with van der Waals surface area (Å²) in [7, 11) is -3.70. The molecular weight excluding hydrogens is 392 g/mol. The van der Waals surface area contributed by atoms with E-state index in [-0.39, 0.29) is 17.3 Å². The number of sulfonamides is 1. The first-order valence-corrected chi connectivity index (χ1v) is 10.6. The number of carbonyl (C=O) groups excluding carboxylic acids is 1. The molecule has 0 saturated carbocycles. The number of aromatic nitrogens is 2. The summed E-state index contributed by atoms with van der Waals surface area (Å²) in [5.41, 5.74) is 3.68. The molecule has 0 atom stereocenters. The van der Waals surface area contributed by atoms with Gasteiger partial charge in [0.05, 0.1) is 16.8 Å². The van der Waals surface area contributed by atoms with Crippen LogP contribution in [0.25, 0.3) is 11.3 Å². The van der Waals surface area contributed by atoms with Crippen LogP contribution in [0, 0.1) is 0 Å². The molecule has 3 N–H and O–H groups in total. The van der Waals surface area contributed by atoms with Gasteiger partial charge in [0.25, 0.3) is 0 Å². The lowest BCUT2D eigenvalue weighted by Gasteiger charge is -2.19. The zero-order valence-electron chi connectivity index (χ0n) is 15.5. The van der Waals surface area contributed by atoms with Gasteiger partial charge in [-0.25, -0.2) is 13.6 Å². The van der Waals surface area contributed by atoms with Gasteiger partial charge in [0.1, 0.15) is 18.9 Å². The molecule has 0 fully saturated rings. The second kappa shape index (κ2) is 7.69. The molecule has 1 amide bonds. The highest BCUT2D eigenvalue weighted by Gasteiger charge is 2.22. The first kappa shape index (κ1) is 19.2. The fraction of sp³-hybridized carbons (Fsp3) is 0.200. The molecular formula is C20H20N4O4S. The minimum atomic E-state index is -3.70. The molecule has 1 aromatic heterocycles. The molecule has 8 nitrogen and oxygen atoms in total. The number of nitrogens with two attached hydrogens (primary N) is 1. The largest absolute Gasteiger partial charge is 0.488 e. The molecule has 29 heavy (non-hydrogen) atoms. The van der Waals surface area contributed by atoms with E-state index in [9.17, 15) is 13.2 Å². The molecule has 0 spiro atoms. The lowest BCUT2D eigenvalue weighted by molar-refractivity contribution is -0.121. The Morgan fingerprint density at radius 2 is 1.93 bits per heavy atom. The number of rotatable bonds is 6. The molecule has 0 bridgehead atoms. The standard InChI is InChI=1S/C20H20N4O4S/c21-29(26,27)16-7-5-14(6-8-16)9-10-22-19(25)12-24-20-15(11-23-24)13-28-18-4-2-1-3-17(18)20/h1-8,11H,9-10,12-13H2,(H,22,25)(H2,21,26,27). The van der Waals surface area contributed by atoms with Crippen LogP contribution >= 0.6 is 0 Å². The number of carbonyl (C=O) groups is 1. The van der Waals surface area contributed by atoms with Crippen LogP contribution in [0.5, 0.6) is 5.75 Å². The number of primary sulfonamides is 1. The summed E-state index contributed by atoms with van der Waals surface area (Å²) < 4.78 is 30.0. The van der Waals surface area contributed by atoms with Crippen molar-refractivity contribution < 1.29 is 17.9 Å². The third-order valence-corrected chi connectivity index (χ3v) is 5.65. The highest BCUT2D eigenvalue weighted by Crippen LogP contribution is 2.36. The van der Waals surface area contributed by atoms with Gasteiger partial charge in [0.15, 0.2) is 0 Å². The van der Waals surface area contributed by atoms with E-state index in [2.05, 4.69) is 10.4 Å². The molecule has 1 aliphatic heterocycles. The number of ether oxygens (including phenoxy) is 1. The van der Waals surface area contributed by atoms with Gasteiger partial charge in [-0.05, 0) is 36.2 Å². The van der Waals surface area contributed by atoms with E-state index in [0.29, 0.717) is 19.6 Å². The lowest BCUT2D eigenvalue weighted by Crippen LogP contribution is -2.30. The monoisotopic (exact) mass is 412 g/mol. The summed E-state index contributed by atoms with van der Waals surface area (Å²) in [6, 6.07) is 14.0. The predicted molar refractivity (Wildman–Crippen MR) is 107 cm³/mol. The Labute approximate surface area is 168 Å². The highest BCUT2D eigenvalue weighted by atomic mass is 32.2. The van der Waals surface area contributed by atoms with Gasteiger partial charge >= 0.3 is 0 Å². The first-order chi connectivity index (χ1) is 13.9. The van der Waals surface area contributed by atoms with Gasteiger partial charge in [-0.3, -0.25) is 9.48 Å². The van der Waals surface area contributed by atoms with Crippen molar-refractivity contribution in [1.82, 2.24) is 15.1 Å². The number of hydrogen-bond donors (Lipinski definition) is 2. The van der Waals surface area contributed by atoms with Crippen molar-refractivity contribution in [3.05, 3.63) is 65.9 Å². The van der Waals surface area contributed by atoms with Gasteiger partial charge in [0, 0.05) is 17.7 Å². The summed E-state index contributed by atoms with van der Waals surface area (Å²) in [6.45, 7) is 0.965. The fourth-order valence-corrected chi connectivity index (χ4v) is 3.80. The number of amides is 1. The molecule has 0 saturated heterocycles. The van der Waals surface area contributed by atoms with E-state index in [1.165, 1.54) is 12.1 Å². The van der Waals surface area contributed by atoms with Crippen LogP contribution in [0.4, 0.5) is 0 Å². The lowest BCUT2D eigenvalue weighted by atomic mass is 10.0. The van der Waals surface area contributed by atoms with Gasteiger partial charge in [-0.2, -0.15) is 5.10 Å². The van der Waals surface area contributed by atoms with Crippen LogP contribution in [0.3, 0.4) is 0 Å². The van der Waals surface area contributed by atoms with E-state index in [1.54, 1.807) is 23.0 Å².